The molecule has 0 aliphatic carbocycles. The average molecular weight is 283 g/mol. The normalized spacial score (nSPS) is 19.5. The van der Waals surface area contributed by atoms with Crippen LogP contribution in [0.25, 0.3) is 0 Å². The first kappa shape index (κ1) is 14.5. The molecule has 1 aliphatic rings. The summed E-state index contributed by atoms with van der Waals surface area (Å²) in [4.78, 5) is 2.38. The maximum absolute atomic E-state index is 6.12. The summed E-state index contributed by atoms with van der Waals surface area (Å²) in [5, 5.41) is 4.37. The first-order valence-corrected chi connectivity index (χ1v) is 7.44. The van der Waals surface area contributed by atoms with Gasteiger partial charge >= 0.3 is 0 Å². The summed E-state index contributed by atoms with van der Waals surface area (Å²) in [5.41, 5.74) is 1.11. The van der Waals surface area contributed by atoms with E-state index in [0.29, 0.717) is 6.04 Å². The van der Waals surface area contributed by atoms with Crippen LogP contribution in [-0.4, -0.2) is 32.8 Å². The summed E-state index contributed by atoms with van der Waals surface area (Å²) in [6, 6.07) is 6.39. The Bertz CT molecular complexity index is 411. The first-order chi connectivity index (χ1) is 9.24. The number of halogens is 1. The number of rotatable bonds is 5. The quantitative estimate of drug-likeness (QED) is 0.897. The molecule has 1 atom stereocenters. The monoisotopic (exact) mass is 282 g/mol. The van der Waals surface area contributed by atoms with E-state index in [1.807, 2.05) is 18.2 Å². The molecule has 0 saturated carbocycles. The van der Waals surface area contributed by atoms with Crippen molar-refractivity contribution in [2.75, 3.05) is 31.6 Å². The Morgan fingerprint density at radius 2 is 2.32 bits per heavy atom. The Morgan fingerprint density at radius 3 is 3.05 bits per heavy atom. The van der Waals surface area contributed by atoms with Gasteiger partial charge in [0, 0.05) is 24.2 Å². The zero-order valence-corrected chi connectivity index (χ0v) is 12.5. The fraction of sp³-hybridized carbons (Fsp3) is 0.600. The van der Waals surface area contributed by atoms with Gasteiger partial charge in [0.05, 0.1) is 12.8 Å². The Balaban J connectivity index is 2.10. The zero-order chi connectivity index (χ0) is 13.7. The van der Waals surface area contributed by atoms with Crippen molar-refractivity contribution in [2.24, 2.45) is 0 Å². The van der Waals surface area contributed by atoms with Crippen molar-refractivity contribution in [3.63, 3.8) is 0 Å². The van der Waals surface area contributed by atoms with E-state index in [-0.39, 0.29) is 0 Å². The van der Waals surface area contributed by atoms with E-state index in [1.165, 1.54) is 19.3 Å². The molecule has 2 rings (SSSR count). The highest BCUT2D eigenvalue weighted by atomic mass is 35.5. The van der Waals surface area contributed by atoms with Crippen molar-refractivity contribution in [1.29, 1.82) is 0 Å². The molecule has 1 fully saturated rings. The first-order valence-electron chi connectivity index (χ1n) is 7.06. The lowest BCUT2D eigenvalue weighted by Gasteiger charge is -2.35. The van der Waals surface area contributed by atoms with Gasteiger partial charge in [-0.2, -0.15) is 0 Å². The molecule has 0 bridgehead atoms. The average Bonchev–Trinajstić information content (AvgIpc) is 2.45. The maximum Gasteiger partial charge on any atom is 0.142 e. The summed E-state index contributed by atoms with van der Waals surface area (Å²) < 4.78 is 5.45. The molecule has 1 saturated heterocycles. The van der Waals surface area contributed by atoms with Gasteiger partial charge in [-0.1, -0.05) is 18.5 Å². The molecule has 1 unspecified atom stereocenters. The summed E-state index contributed by atoms with van der Waals surface area (Å²) >= 11 is 6.12. The zero-order valence-electron chi connectivity index (χ0n) is 11.8. The van der Waals surface area contributed by atoms with Crippen LogP contribution in [0.15, 0.2) is 18.2 Å². The van der Waals surface area contributed by atoms with E-state index in [1.54, 1.807) is 7.11 Å². The highest BCUT2D eigenvalue weighted by Gasteiger charge is 2.21. The number of anilines is 1. The maximum atomic E-state index is 6.12. The van der Waals surface area contributed by atoms with Crippen LogP contribution in [0.3, 0.4) is 0 Å². The molecule has 0 amide bonds. The van der Waals surface area contributed by atoms with Crippen molar-refractivity contribution < 1.29 is 4.74 Å². The van der Waals surface area contributed by atoms with Gasteiger partial charge in [-0.05, 0) is 44.0 Å². The second-order valence-electron chi connectivity index (χ2n) is 5.06. The number of hydrogen-bond donors (Lipinski definition) is 1. The van der Waals surface area contributed by atoms with Gasteiger partial charge in [-0.3, -0.25) is 0 Å². The summed E-state index contributed by atoms with van der Waals surface area (Å²) in [5.74, 6) is 0.903. The second-order valence-corrected chi connectivity index (χ2v) is 5.49. The smallest absolute Gasteiger partial charge is 0.142 e. The Labute approximate surface area is 120 Å². The molecule has 1 aromatic carbocycles. The van der Waals surface area contributed by atoms with Gasteiger partial charge in [-0.15, -0.1) is 0 Å². The van der Waals surface area contributed by atoms with Gasteiger partial charge in [0.2, 0.25) is 0 Å². The minimum absolute atomic E-state index is 0.567. The van der Waals surface area contributed by atoms with Crippen molar-refractivity contribution >= 4 is 17.3 Å². The number of ether oxygens (including phenoxy) is 1. The number of piperidine rings is 1. The number of nitrogens with one attached hydrogen (secondary N) is 1. The van der Waals surface area contributed by atoms with Gasteiger partial charge in [0.1, 0.15) is 5.75 Å². The largest absolute Gasteiger partial charge is 0.495 e. The van der Waals surface area contributed by atoms with Crippen LogP contribution in [0, 0.1) is 0 Å². The molecule has 19 heavy (non-hydrogen) atoms. The predicted octanol–water partition coefficient (Wildman–Crippen LogP) is 3.32. The van der Waals surface area contributed by atoms with Gasteiger partial charge < -0.3 is 15.0 Å². The van der Waals surface area contributed by atoms with Crippen molar-refractivity contribution in [1.82, 2.24) is 5.32 Å². The van der Waals surface area contributed by atoms with Crippen LogP contribution < -0.4 is 15.0 Å². The molecule has 4 heteroatoms. The predicted molar refractivity (Wildman–Crippen MR) is 81.5 cm³/mol. The molecule has 1 aromatic rings. The third-order valence-corrected chi connectivity index (χ3v) is 3.82. The van der Waals surface area contributed by atoms with Crippen LogP contribution >= 0.6 is 11.6 Å². The fourth-order valence-electron chi connectivity index (χ4n) is 2.62. The highest BCUT2D eigenvalue weighted by molar-refractivity contribution is 6.30. The van der Waals surface area contributed by atoms with Crippen molar-refractivity contribution in [3.8, 4) is 5.75 Å². The minimum atomic E-state index is 0.567. The highest BCUT2D eigenvalue weighted by Crippen LogP contribution is 2.32. The van der Waals surface area contributed by atoms with E-state index >= 15 is 0 Å². The van der Waals surface area contributed by atoms with Gasteiger partial charge in [0.25, 0.3) is 0 Å². The van der Waals surface area contributed by atoms with Crippen LogP contribution in [-0.2, 0) is 0 Å². The van der Waals surface area contributed by atoms with Gasteiger partial charge in [0.15, 0.2) is 0 Å². The summed E-state index contributed by atoms with van der Waals surface area (Å²) in [7, 11) is 1.71. The molecule has 3 nitrogen and oxygen atoms in total. The van der Waals surface area contributed by atoms with E-state index < -0.39 is 0 Å². The van der Waals surface area contributed by atoms with Gasteiger partial charge in [-0.25, -0.2) is 0 Å². The van der Waals surface area contributed by atoms with Crippen molar-refractivity contribution in [2.45, 2.75) is 32.2 Å². The standard InChI is InChI=1S/C15H23ClN2O/c1-3-8-17-13-5-4-9-18(11-13)14-10-12(16)6-7-15(14)19-2/h6-7,10,13,17H,3-5,8-9,11H2,1-2H3. The molecule has 1 aliphatic heterocycles. The number of hydrogen-bond acceptors (Lipinski definition) is 3. The molecule has 0 aromatic heterocycles. The number of methoxy groups -OCH3 is 1. The third kappa shape index (κ3) is 3.77. The summed E-state index contributed by atoms with van der Waals surface area (Å²) in [6.45, 7) is 5.39. The molecule has 0 spiro atoms. The van der Waals surface area contributed by atoms with Crippen LogP contribution in [0.4, 0.5) is 5.69 Å². The number of nitrogens with zero attached hydrogens (tertiary/aromatic N) is 1. The van der Waals surface area contributed by atoms with E-state index in [4.69, 9.17) is 16.3 Å². The second kappa shape index (κ2) is 7.01. The number of benzene rings is 1. The Hall–Kier alpha value is -0.930. The Morgan fingerprint density at radius 1 is 1.47 bits per heavy atom. The van der Waals surface area contributed by atoms with Crippen LogP contribution in [0.5, 0.6) is 5.75 Å². The molecule has 106 valence electrons. The SMILES string of the molecule is CCCNC1CCCN(c2cc(Cl)ccc2OC)C1. The third-order valence-electron chi connectivity index (χ3n) is 3.59. The molecular weight excluding hydrogens is 260 g/mol. The van der Waals surface area contributed by atoms with E-state index in [9.17, 15) is 0 Å². The van der Waals surface area contributed by atoms with E-state index in [0.717, 1.165) is 36.1 Å². The molecule has 0 radical (unpaired) electrons. The van der Waals surface area contributed by atoms with Crippen LogP contribution in [0.1, 0.15) is 26.2 Å². The fourth-order valence-corrected chi connectivity index (χ4v) is 2.79. The summed E-state index contributed by atoms with van der Waals surface area (Å²) in [6.07, 6.45) is 3.63. The lowest BCUT2D eigenvalue weighted by molar-refractivity contribution is 0.400. The lowest BCUT2D eigenvalue weighted by Crippen LogP contribution is -2.46. The van der Waals surface area contributed by atoms with Crippen molar-refractivity contribution in [3.05, 3.63) is 23.2 Å². The molecular formula is C15H23ClN2O. The molecule has 1 heterocycles. The molecule has 1 N–H and O–H groups in total. The lowest BCUT2D eigenvalue weighted by atomic mass is 10.0. The van der Waals surface area contributed by atoms with Crippen LogP contribution in [0.2, 0.25) is 5.02 Å². The van der Waals surface area contributed by atoms with E-state index in [2.05, 4.69) is 17.1 Å². The Kier molecular flexibility index (Phi) is 5.34. The minimum Gasteiger partial charge on any atom is -0.495 e. The topological polar surface area (TPSA) is 24.5 Å².